The first kappa shape index (κ1) is 13.5. The molecule has 0 amide bonds. The molecule has 0 spiro atoms. The van der Waals surface area contributed by atoms with Gasteiger partial charge < -0.3 is 5.32 Å². The van der Waals surface area contributed by atoms with Crippen LogP contribution in [-0.4, -0.2) is 7.05 Å². The van der Waals surface area contributed by atoms with Gasteiger partial charge in [-0.3, -0.25) is 0 Å². The third-order valence-electron chi connectivity index (χ3n) is 2.77. The van der Waals surface area contributed by atoms with Gasteiger partial charge in [0.15, 0.2) is 0 Å². The summed E-state index contributed by atoms with van der Waals surface area (Å²) in [5.41, 5.74) is 1.59. The summed E-state index contributed by atoms with van der Waals surface area (Å²) in [5.74, 6) is -0.301. The van der Waals surface area contributed by atoms with Crippen LogP contribution in [0.5, 0.6) is 0 Å². The molecule has 1 unspecified atom stereocenters. The maximum Gasteiger partial charge on any atom is 0.129 e. The van der Waals surface area contributed by atoms with Gasteiger partial charge in [0.2, 0.25) is 0 Å². The molecule has 0 aliphatic heterocycles. The van der Waals surface area contributed by atoms with Crippen molar-refractivity contribution in [3.05, 3.63) is 68.9 Å². The number of hydrogen-bond acceptors (Lipinski definition) is 1. The largest absolute Gasteiger partial charge is 0.309 e. The van der Waals surface area contributed by atoms with E-state index in [2.05, 4.69) is 21.2 Å². The van der Waals surface area contributed by atoms with Crippen LogP contribution < -0.4 is 5.32 Å². The first-order chi connectivity index (χ1) is 8.61. The van der Waals surface area contributed by atoms with Crippen LogP contribution in [0.1, 0.15) is 17.2 Å². The van der Waals surface area contributed by atoms with E-state index in [1.807, 2.05) is 24.3 Å². The molecule has 0 saturated carbocycles. The van der Waals surface area contributed by atoms with E-state index in [9.17, 15) is 4.39 Å². The van der Waals surface area contributed by atoms with E-state index in [1.54, 1.807) is 19.2 Å². The van der Waals surface area contributed by atoms with Crippen LogP contribution in [0, 0.1) is 5.82 Å². The topological polar surface area (TPSA) is 12.0 Å². The molecule has 0 aromatic heterocycles. The van der Waals surface area contributed by atoms with Crippen LogP contribution in [0.15, 0.2) is 46.9 Å². The van der Waals surface area contributed by atoms with E-state index in [0.29, 0.717) is 10.6 Å². The fourth-order valence-corrected chi connectivity index (χ4v) is 2.32. The third-order valence-corrected chi connectivity index (χ3v) is 3.53. The lowest BCUT2D eigenvalue weighted by molar-refractivity contribution is 0.576. The Morgan fingerprint density at radius 2 is 1.83 bits per heavy atom. The molecule has 4 heteroatoms. The molecule has 94 valence electrons. The second kappa shape index (κ2) is 5.83. The van der Waals surface area contributed by atoms with E-state index in [4.69, 9.17) is 11.6 Å². The van der Waals surface area contributed by atoms with Gasteiger partial charge in [-0.15, -0.1) is 0 Å². The van der Waals surface area contributed by atoms with Crippen molar-refractivity contribution in [1.82, 2.24) is 5.32 Å². The average molecular weight is 329 g/mol. The molecule has 2 aromatic carbocycles. The van der Waals surface area contributed by atoms with Crippen molar-refractivity contribution in [3.63, 3.8) is 0 Å². The number of halogens is 3. The summed E-state index contributed by atoms with van der Waals surface area (Å²) in [7, 11) is 1.81. The minimum Gasteiger partial charge on any atom is -0.309 e. The Morgan fingerprint density at radius 1 is 1.17 bits per heavy atom. The highest BCUT2D eigenvalue weighted by Crippen LogP contribution is 2.27. The molecule has 18 heavy (non-hydrogen) atoms. The molecular weight excluding hydrogens is 317 g/mol. The predicted molar refractivity (Wildman–Crippen MR) is 76.5 cm³/mol. The van der Waals surface area contributed by atoms with Crippen LogP contribution in [0.2, 0.25) is 5.02 Å². The minimum absolute atomic E-state index is 0.185. The van der Waals surface area contributed by atoms with Crippen LogP contribution in [0.4, 0.5) is 4.39 Å². The molecule has 2 rings (SSSR count). The zero-order chi connectivity index (χ0) is 13.1. The van der Waals surface area contributed by atoms with Crippen LogP contribution in [0.3, 0.4) is 0 Å². The number of hydrogen-bond donors (Lipinski definition) is 1. The molecule has 2 aromatic rings. The standard InChI is InChI=1S/C14H12BrClFN/c1-18-14(9-2-4-10(15)5-3-9)12-7-6-11(16)8-13(12)17/h2-8,14,18H,1H3. The Labute approximate surface area is 119 Å². The molecule has 0 saturated heterocycles. The monoisotopic (exact) mass is 327 g/mol. The van der Waals surface area contributed by atoms with E-state index >= 15 is 0 Å². The first-order valence-corrected chi connectivity index (χ1v) is 6.66. The van der Waals surface area contributed by atoms with Crippen molar-refractivity contribution in [2.45, 2.75) is 6.04 Å². The van der Waals surface area contributed by atoms with Gasteiger partial charge in [-0.25, -0.2) is 4.39 Å². The van der Waals surface area contributed by atoms with Crippen LogP contribution in [0.25, 0.3) is 0 Å². The van der Waals surface area contributed by atoms with Gasteiger partial charge in [0, 0.05) is 15.1 Å². The highest BCUT2D eigenvalue weighted by molar-refractivity contribution is 9.10. The molecule has 0 radical (unpaired) electrons. The van der Waals surface area contributed by atoms with Gasteiger partial charge in [0.25, 0.3) is 0 Å². The Balaban J connectivity index is 2.41. The molecule has 0 aliphatic rings. The molecular formula is C14H12BrClFN. The number of nitrogens with one attached hydrogen (secondary N) is 1. The molecule has 1 nitrogen and oxygen atoms in total. The fourth-order valence-electron chi connectivity index (χ4n) is 1.89. The van der Waals surface area contributed by atoms with Crippen molar-refractivity contribution in [1.29, 1.82) is 0 Å². The Kier molecular flexibility index (Phi) is 4.38. The lowest BCUT2D eigenvalue weighted by Gasteiger charge is -2.18. The Morgan fingerprint density at radius 3 is 2.39 bits per heavy atom. The Hall–Kier alpha value is -0.900. The summed E-state index contributed by atoms with van der Waals surface area (Å²) in [6, 6.07) is 12.3. The average Bonchev–Trinajstić information content (AvgIpc) is 2.35. The van der Waals surface area contributed by atoms with Gasteiger partial charge in [-0.2, -0.15) is 0 Å². The first-order valence-electron chi connectivity index (χ1n) is 5.49. The summed E-state index contributed by atoms with van der Waals surface area (Å²) >= 11 is 9.15. The molecule has 0 fully saturated rings. The van der Waals surface area contributed by atoms with Gasteiger partial charge >= 0.3 is 0 Å². The van der Waals surface area contributed by atoms with E-state index in [-0.39, 0.29) is 11.9 Å². The molecule has 0 aliphatic carbocycles. The zero-order valence-electron chi connectivity index (χ0n) is 9.75. The predicted octanol–water partition coefficient (Wildman–Crippen LogP) is 4.55. The highest BCUT2D eigenvalue weighted by Gasteiger charge is 2.16. The van der Waals surface area contributed by atoms with Crippen LogP contribution in [-0.2, 0) is 0 Å². The van der Waals surface area contributed by atoms with Gasteiger partial charge in [-0.1, -0.05) is 45.7 Å². The van der Waals surface area contributed by atoms with E-state index in [0.717, 1.165) is 10.0 Å². The van der Waals surface area contributed by atoms with Gasteiger partial charge in [0.1, 0.15) is 5.82 Å². The maximum absolute atomic E-state index is 13.9. The molecule has 1 atom stereocenters. The quantitative estimate of drug-likeness (QED) is 0.871. The van der Waals surface area contributed by atoms with Crippen molar-refractivity contribution >= 4 is 27.5 Å². The third kappa shape index (κ3) is 2.91. The van der Waals surface area contributed by atoms with Gasteiger partial charge in [-0.05, 0) is 36.9 Å². The summed E-state index contributed by atoms with van der Waals surface area (Å²) < 4.78 is 14.9. The van der Waals surface area contributed by atoms with Crippen LogP contribution >= 0.6 is 27.5 Å². The number of rotatable bonds is 3. The van der Waals surface area contributed by atoms with E-state index in [1.165, 1.54) is 6.07 Å². The molecule has 0 bridgehead atoms. The highest BCUT2D eigenvalue weighted by atomic mass is 79.9. The fraction of sp³-hybridized carbons (Fsp3) is 0.143. The SMILES string of the molecule is CNC(c1ccc(Br)cc1)c1ccc(Cl)cc1F. The summed E-state index contributed by atoms with van der Waals surface area (Å²) in [6.45, 7) is 0. The van der Waals surface area contributed by atoms with Crippen molar-refractivity contribution in [2.24, 2.45) is 0 Å². The molecule has 0 heterocycles. The normalized spacial score (nSPS) is 12.4. The van der Waals surface area contributed by atoms with Crippen molar-refractivity contribution in [2.75, 3.05) is 7.05 Å². The lowest BCUT2D eigenvalue weighted by Crippen LogP contribution is -2.18. The summed E-state index contributed by atoms with van der Waals surface area (Å²) in [5, 5.41) is 3.52. The second-order valence-electron chi connectivity index (χ2n) is 3.94. The number of benzene rings is 2. The maximum atomic E-state index is 13.9. The molecule has 1 N–H and O–H groups in total. The van der Waals surface area contributed by atoms with E-state index < -0.39 is 0 Å². The van der Waals surface area contributed by atoms with Crippen molar-refractivity contribution < 1.29 is 4.39 Å². The second-order valence-corrected chi connectivity index (χ2v) is 5.29. The Bertz CT molecular complexity index is 542. The zero-order valence-corrected chi connectivity index (χ0v) is 12.1. The van der Waals surface area contributed by atoms with Gasteiger partial charge in [0.05, 0.1) is 6.04 Å². The summed E-state index contributed by atoms with van der Waals surface area (Å²) in [4.78, 5) is 0. The smallest absolute Gasteiger partial charge is 0.129 e. The lowest BCUT2D eigenvalue weighted by atomic mass is 9.98. The summed E-state index contributed by atoms with van der Waals surface area (Å²) in [6.07, 6.45) is 0. The van der Waals surface area contributed by atoms with Crippen molar-refractivity contribution in [3.8, 4) is 0 Å². The minimum atomic E-state index is -0.301.